The van der Waals surface area contributed by atoms with Gasteiger partial charge >= 0.3 is 6.09 Å². The standard InChI is InChI=1S/C31H40F2N4O6/c1-16-24-15-37(25(16)17(2)38)28(39)26(30(3,4)5)36-29(40)43-23-12-18(23)14-31(32,33)11-7-8-21-27(42-24)35-22-13-19(41-6)9-10-20(22)34-21/h9-10,13,16,18,23-26H,7-8,11-12,14-15H2,1-6H3,(H,36,40)/t16-,18+,23-,24+,25+,26-/m1/s1. The van der Waals surface area contributed by atoms with Crippen LogP contribution in [0.25, 0.3) is 11.0 Å². The first-order valence-electron chi connectivity index (χ1n) is 14.8. The summed E-state index contributed by atoms with van der Waals surface area (Å²) in [7, 11) is 1.54. The molecule has 2 aromatic rings. The summed E-state index contributed by atoms with van der Waals surface area (Å²) < 4.78 is 47.1. The van der Waals surface area contributed by atoms with Crippen LogP contribution in [0, 0.1) is 17.3 Å². The third-order valence-corrected chi connectivity index (χ3v) is 8.67. The van der Waals surface area contributed by atoms with Crippen LogP contribution < -0.4 is 14.8 Å². The Balaban J connectivity index is 1.54. The molecule has 1 saturated carbocycles. The second kappa shape index (κ2) is 11.5. The number of halogens is 2. The van der Waals surface area contributed by atoms with Crippen LogP contribution in [-0.4, -0.2) is 76.5 Å². The number of hydrogen-bond acceptors (Lipinski definition) is 8. The number of hydrogen-bond donors (Lipinski definition) is 1. The molecule has 3 aliphatic rings. The summed E-state index contributed by atoms with van der Waals surface area (Å²) in [5, 5.41) is 2.67. The largest absolute Gasteiger partial charge is 0.497 e. The fourth-order valence-electron chi connectivity index (χ4n) is 6.19. The summed E-state index contributed by atoms with van der Waals surface area (Å²) >= 11 is 0. The number of aromatic nitrogens is 2. The third kappa shape index (κ3) is 6.67. The summed E-state index contributed by atoms with van der Waals surface area (Å²) in [6.07, 6.45) is -2.22. The number of ketones is 1. The zero-order chi connectivity index (χ0) is 31.3. The molecule has 6 atom stereocenters. The van der Waals surface area contributed by atoms with Crippen LogP contribution in [0.15, 0.2) is 18.2 Å². The molecule has 0 unspecified atom stereocenters. The average molecular weight is 603 g/mol. The number of ether oxygens (including phenoxy) is 3. The second-order valence-corrected chi connectivity index (χ2v) is 13.2. The van der Waals surface area contributed by atoms with Crippen LogP contribution in [0.5, 0.6) is 11.6 Å². The van der Waals surface area contributed by atoms with E-state index in [4.69, 9.17) is 24.2 Å². The van der Waals surface area contributed by atoms with E-state index < -0.39 is 65.9 Å². The highest BCUT2D eigenvalue weighted by Gasteiger charge is 2.50. The molecule has 1 aromatic carbocycles. The Morgan fingerprint density at radius 2 is 1.88 bits per heavy atom. The van der Waals surface area contributed by atoms with Gasteiger partial charge in [0.25, 0.3) is 0 Å². The maximum Gasteiger partial charge on any atom is 0.408 e. The lowest BCUT2D eigenvalue weighted by atomic mass is 9.85. The molecule has 1 aromatic heterocycles. The molecule has 234 valence electrons. The monoisotopic (exact) mass is 602 g/mol. The minimum Gasteiger partial charge on any atom is -0.497 e. The number of alkyl carbamates (subject to hydrolysis) is 1. The molecule has 43 heavy (non-hydrogen) atoms. The summed E-state index contributed by atoms with van der Waals surface area (Å²) in [5.74, 6) is -3.76. The fourth-order valence-corrected chi connectivity index (χ4v) is 6.19. The number of carbonyl (C=O) groups is 3. The maximum absolute atomic E-state index is 15.0. The van der Waals surface area contributed by atoms with Crippen LogP contribution in [0.1, 0.15) is 66.0 Å². The predicted molar refractivity (Wildman–Crippen MR) is 153 cm³/mol. The van der Waals surface area contributed by atoms with E-state index in [-0.39, 0.29) is 37.5 Å². The molecule has 1 saturated heterocycles. The van der Waals surface area contributed by atoms with Crippen molar-refractivity contribution >= 4 is 28.8 Å². The Hall–Kier alpha value is -3.57. The maximum atomic E-state index is 15.0. The molecule has 5 rings (SSSR count). The summed E-state index contributed by atoms with van der Waals surface area (Å²) in [6.45, 7) is 8.70. The van der Waals surface area contributed by atoms with Gasteiger partial charge in [0.05, 0.1) is 30.7 Å². The average Bonchev–Trinajstić information content (AvgIpc) is 3.53. The number of fused-ring (bicyclic) bond motifs is 5. The number of Topliss-reactive ketones (excluding diaryl/α,β-unsaturated/α-hetero) is 1. The minimum atomic E-state index is -2.96. The van der Waals surface area contributed by atoms with Gasteiger partial charge in [-0.2, -0.15) is 0 Å². The molecule has 2 amide bonds. The van der Waals surface area contributed by atoms with Crippen molar-refractivity contribution < 1.29 is 37.4 Å². The normalized spacial score (nSPS) is 29.7. The molecule has 10 nitrogen and oxygen atoms in total. The van der Waals surface area contributed by atoms with Gasteiger partial charge in [0.2, 0.25) is 17.7 Å². The highest BCUT2D eigenvalue weighted by atomic mass is 19.3. The molecule has 1 N–H and O–H groups in total. The van der Waals surface area contributed by atoms with E-state index in [9.17, 15) is 23.2 Å². The first-order valence-corrected chi connectivity index (χ1v) is 14.8. The first-order chi connectivity index (χ1) is 20.2. The van der Waals surface area contributed by atoms with E-state index in [0.29, 0.717) is 28.9 Å². The number of alkyl halides is 2. The van der Waals surface area contributed by atoms with Crippen LogP contribution >= 0.6 is 0 Å². The van der Waals surface area contributed by atoms with Crippen molar-refractivity contribution in [2.24, 2.45) is 17.3 Å². The zero-order valence-corrected chi connectivity index (χ0v) is 25.5. The lowest BCUT2D eigenvalue weighted by Crippen LogP contribution is -2.57. The van der Waals surface area contributed by atoms with E-state index in [0.717, 1.165) is 0 Å². The van der Waals surface area contributed by atoms with Gasteiger partial charge in [-0.1, -0.05) is 27.7 Å². The number of nitrogens with one attached hydrogen (secondary N) is 1. The summed E-state index contributed by atoms with van der Waals surface area (Å²) in [5.41, 5.74) is 0.754. The highest BCUT2D eigenvalue weighted by molar-refractivity contribution is 5.92. The Kier molecular flexibility index (Phi) is 8.26. The minimum absolute atomic E-state index is 0.0631. The number of nitrogens with zero attached hydrogens (tertiary/aromatic N) is 3. The quantitative estimate of drug-likeness (QED) is 0.525. The van der Waals surface area contributed by atoms with Gasteiger partial charge in [0.1, 0.15) is 29.7 Å². The third-order valence-electron chi connectivity index (χ3n) is 8.67. The lowest BCUT2D eigenvalue weighted by molar-refractivity contribution is -0.141. The molecule has 12 heteroatoms. The second-order valence-electron chi connectivity index (χ2n) is 13.2. The Morgan fingerprint density at radius 3 is 2.56 bits per heavy atom. The number of benzene rings is 1. The highest BCUT2D eigenvalue weighted by Crippen LogP contribution is 2.44. The van der Waals surface area contributed by atoms with Gasteiger partial charge in [0.15, 0.2) is 5.78 Å². The van der Waals surface area contributed by atoms with Crippen molar-refractivity contribution in [1.82, 2.24) is 20.2 Å². The van der Waals surface area contributed by atoms with Crippen LogP contribution in [-0.2, 0) is 20.7 Å². The number of methoxy groups -OCH3 is 1. The molecule has 1 aliphatic carbocycles. The van der Waals surface area contributed by atoms with Crippen molar-refractivity contribution in [3.05, 3.63) is 23.9 Å². The Bertz CT molecular complexity index is 1410. The van der Waals surface area contributed by atoms with Crippen molar-refractivity contribution in [1.29, 1.82) is 0 Å². The SMILES string of the molecule is COc1ccc2nc3c(nc2c1)O[C@H]1CN(C(=O)[C@H](C(C)(C)C)NC(=O)O[C@@H]2C[C@H]2CC(F)(F)CCC3)[C@H](C(C)=O)[C@@H]1C. The number of amides is 2. The van der Waals surface area contributed by atoms with Crippen molar-refractivity contribution in [2.45, 2.75) is 96.9 Å². The van der Waals surface area contributed by atoms with Gasteiger partial charge < -0.3 is 24.4 Å². The van der Waals surface area contributed by atoms with Gasteiger partial charge in [-0.15, -0.1) is 0 Å². The van der Waals surface area contributed by atoms with Crippen molar-refractivity contribution in [2.75, 3.05) is 13.7 Å². The van der Waals surface area contributed by atoms with E-state index >= 15 is 0 Å². The fraction of sp³-hybridized carbons (Fsp3) is 0.645. The van der Waals surface area contributed by atoms with Gasteiger partial charge in [-0.3, -0.25) is 9.59 Å². The molecule has 3 heterocycles. The molecule has 2 bridgehead atoms. The predicted octanol–water partition coefficient (Wildman–Crippen LogP) is 4.71. The van der Waals surface area contributed by atoms with E-state index in [1.165, 1.54) is 18.9 Å². The van der Waals surface area contributed by atoms with Gasteiger partial charge in [-0.05, 0) is 43.7 Å². The molecule has 0 radical (unpaired) electrons. The molecule has 0 spiro atoms. The Labute approximate surface area is 249 Å². The Morgan fingerprint density at radius 1 is 1.14 bits per heavy atom. The number of rotatable bonds is 2. The first kappa shape index (κ1) is 30.9. The molecule has 2 fully saturated rings. The van der Waals surface area contributed by atoms with Crippen LogP contribution in [0.2, 0.25) is 0 Å². The van der Waals surface area contributed by atoms with Crippen molar-refractivity contribution in [3.8, 4) is 11.6 Å². The lowest BCUT2D eigenvalue weighted by Gasteiger charge is -2.35. The van der Waals surface area contributed by atoms with Crippen LogP contribution in [0.4, 0.5) is 13.6 Å². The van der Waals surface area contributed by atoms with Gasteiger partial charge in [-0.25, -0.2) is 23.5 Å². The van der Waals surface area contributed by atoms with E-state index in [2.05, 4.69) is 5.32 Å². The topological polar surface area (TPSA) is 120 Å². The summed E-state index contributed by atoms with van der Waals surface area (Å²) in [6, 6.07) is 3.38. The zero-order valence-electron chi connectivity index (χ0n) is 25.5. The molecular weight excluding hydrogens is 562 g/mol. The molecule has 2 aliphatic heterocycles. The smallest absolute Gasteiger partial charge is 0.408 e. The van der Waals surface area contributed by atoms with Crippen LogP contribution in [0.3, 0.4) is 0 Å². The molecular formula is C31H40F2N4O6. The number of carbonyl (C=O) groups excluding carboxylic acids is 3. The van der Waals surface area contributed by atoms with Gasteiger partial charge in [0, 0.05) is 30.7 Å². The number of aryl methyl sites for hydroxylation is 1. The van der Waals surface area contributed by atoms with E-state index in [1.54, 1.807) is 39.0 Å². The van der Waals surface area contributed by atoms with Crippen molar-refractivity contribution in [3.63, 3.8) is 0 Å². The van der Waals surface area contributed by atoms with E-state index in [1.807, 2.05) is 6.92 Å². The summed E-state index contributed by atoms with van der Waals surface area (Å²) in [4.78, 5) is 50.7.